The zero-order valence-electron chi connectivity index (χ0n) is 12.1. The van der Waals surface area contributed by atoms with Crippen LogP contribution in [0.25, 0.3) is 0 Å². The van der Waals surface area contributed by atoms with E-state index in [2.05, 4.69) is 0 Å². The Morgan fingerprint density at radius 1 is 1.55 bits per heavy atom. The lowest BCUT2D eigenvalue weighted by Gasteiger charge is -2.27. The fourth-order valence-electron chi connectivity index (χ4n) is 2.52. The van der Waals surface area contributed by atoms with Gasteiger partial charge in [0.25, 0.3) is 5.91 Å². The van der Waals surface area contributed by atoms with Crippen LogP contribution in [-0.2, 0) is 4.74 Å². The van der Waals surface area contributed by atoms with Crippen LogP contribution in [0, 0.1) is 5.92 Å². The van der Waals surface area contributed by atoms with E-state index in [0.29, 0.717) is 29.5 Å². The third-order valence-corrected chi connectivity index (χ3v) is 3.59. The first-order valence-electron chi connectivity index (χ1n) is 6.88. The third-order valence-electron chi connectivity index (χ3n) is 3.59. The molecule has 20 heavy (non-hydrogen) atoms. The first kappa shape index (κ1) is 14.7. The number of nitrogen functional groups attached to an aromatic ring is 1. The monoisotopic (exact) mass is 278 g/mol. The summed E-state index contributed by atoms with van der Waals surface area (Å²) in [7, 11) is 3.36. The summed E-state index contributed by atoms with van der Waals surface area (Å²) in [5.41, 5.74) is 6.82. The molecule has 1 saturated heterocycles. The smallest absolute Gasteiger partial charge is 0.257 e. The number of ether oxygens (including phenoxy) is 2. The van der Waals surface area contributed by atoms with Crippen LogP contribution in [0.1, 0.15) is 23.2 Å². The molecular formula is C15H22N2O3. The molecule has 1 fully saturated rings. The van der Waals surface area contributed by atoms with E-state index in [1.165, 1.54) is 0 Å². The zero-order valence-corrected chi connectivity index (χ0v) is 12.1. The minimum atomic E-state index is -0.0697. The summed E-state index contributed by atoms with van der Waals surface area (Å²) in [5, 5.41) is 0. The second kappa shape index (κ2) is 6.61. The maximum Gasteiger partial charge on any atom is 0.257 e. The Balaban J connectivity index is 2.07. The van der Waals surface area contributed by atoms with Crippen LogP contribution >= 0.6 is 0 Å². The molecule has 110 valence electrons. The van der Waals surface area contributed by atoms with E-state index in [1.54, 1.807) is 37.3 Å². The summed E-state index contributed by atoms with van der Waals surface area (Å²) in [5.74, 6) is 0.889. The molecule has 2 rings (SSSR count). The third kappa shape index (κ3) is 3.42. The van der Waals surface area contributed by atoms with Gasteiger partial charge in [0.15, 0.2) is 0 Å². The molecule has 1 aliphatic rings. The highest BCUT2D eigenvalue weighted by atomic mass is 16.5. The van der Waals surface area contributed by atoms with Gasteiger partial charge in [-0.05, 0) is 37.0 Å². The minimum Gasteiger partial charge on any atom is -0.496 e. The zero-order chi connectivity index (χ0) is 14.5. The molecule has 0 spiro atoms. The van der Waals surface area contributed by atoms with E-state index < -0.39 is 0 Å². The van der Waals surface area contributed by atoms with Gasteiger partial charge < -0.3 is 20.1 Å². The average molecular weight is 278 g/mol. The largest absolute Gasteiger partial charge is 0.496 e. The molecule has 0 saturated carbocycles. The number of hydrogen-bond acceptors (Lipinski definition) is 4. The van der Waals surface area contributed by atoms with Gasteiger partial charge in [-0.15, -0.1) is 0 Å². The summed E-state index contributed by atoms with van der Waals surface area (Å²) in [6, 6.07) is 5.11. The number of hydrogen-bond donors (Lipinski definition) is 1. The Hall–Kier alpha value is -1.75. The Morgan fingerprint density at radius 2 is 2.35 bits per heavy atom. The predicted octanol–water partition coefficient (Wildman–Crippen LogP) is 1.78. The molecule has 0 bridgehead atoms. The van der Waals surface area contributed by atoms with Crippen molar-refractivity contribution in [2.75, 3.05) is 39.6 Å². The number of benzene rings is 1. The van der Waals surface area contributed by atoms with Crippen molar-refractivity contribution in [1.82, 2.24) is 4.90 Å². The molecule has 1 heterocycles. The summed E-state index contributed by atoms with van der Waals surface area (Å²) >= 11 is 0. The molecule has 1 atom stereocenters. The first-order chi connectivity index (χ1) is 9.61. The van der Waals surface area contributed by atoms with Crippen molar-refractivity contribution in [1.29, 1.82) is 0 Å². The number of nitrogens with zero attached hydrogens (tertiary/aromatic N) is 1. The van der Waals surface area contributed by atoms with E-state index in [4.69, 9.17) is 15.2 Å². The lowest BCUT2D eigenvalue weighted by atomic mass is 10.0. The fraction of sp³-hybridized carbons (Fsp3) is 0.533. The van der Waals surface area contributed by atoms with Crippen LogP contribution < -0.4 is 10.5 Å². The maximum atomic E-state index is 12.5. The highest BCUT2D eigenvalue weighted by Crippen LogP contribution is 2.23. The van der Waals surface area contributed by atoms with Crippen LogP contribution in [0.5, 0.6) is 5.75 Å². The second-order valence-electron chi connectivity index (χ2n) is 5.23. The number of amides is 1. The van der Waals surface area contributed by atoms with Crippen LogP contribution in [0.15, 0.2) is 18.2 Å². The highest BCUT2D eigenvalue weighted by molar-refractivity contribution is 5.97. The number of rotatable bonds is 4. The van der Waals surface area contributed by atoms with E-state index >= 15 is 0 Å². The van der Waals surface area contributed by atoms with Crippen molar-refractivity contribution in [2.24, 2.45) is 5.92 Å². The molecule has 1 aliphatic heterocycles. The van der Waals surface area contributed by atoms with Gasteiger partial charge in [-0.2, -0.15) is 0 Å². The molecule has 5 heteroatoms. The van der Waals surface area contributed by atoms with Crippen molar-refractivity contribution >= 4 is 11.6 Å². The van der Waals surface area contributed by atoms with Gasteiger partial charge >= 0.3 is 0 Å². The predicted molar refractivity (Wildman–Crippen MR) is 77.9 cm³/mol. The highest BCUT2D eigenvalue weighted by Gasteiger charge is 2.21. The Bertz CT molecular complexity index is 470. The standard InChI is InChI=1S/C15H22N2O3/c1-17(9-11-4-3-7-20-10-11)15(18)13-8-12(16)5-6-14(13)19-2/h5-6,8,11H,3-4,7,9-10,16H2,1-2H3. The molecule has 5 nitrogen and oxygen atoms in total. The van der Waals surface area contributed by atoms with Gasteiger partial charge in [0.1, 0.15) is 5.75 Å². The molecule has 1 unspecified atom stereocenters. The number of carbonyl (C=O) groups is 1. The lowest BCUT2D eigenvalue weighted by molar-refractivity contribution is 0.0387. The fourth-order valence-corrected chi connectivity index (χ4v) is 2.52. The van der Waals surface area contributed by atoms with Crippen molar-refractivity contribution in [3.63, 3.8) is 0 Å². The van der Waals surface area contributed by atoms with Gasteiger partial charge in [0.2, 0.25) is 0 Å². The normalized spacial score (nSPS) is 18.6. The summed E-state index contributed by atoms with van der Waals surface area (Å²) in [6.45, 7) is 2.25. The van der Waals surface area contributed by atoms with Crippen molar-refractivity contribution in [2.45, 2.75) is 12.8 Å². The molecule has 1 amide bonds. The van der Waals surface area contributed by atoms with Crippen LogP contribution in [0.3, 0.4) is 0 Å². The second-order valence-corrected chi connectivity index (χ2v) is 5.23. The van der Waals surface area contributed by atoms with Gasteiger partial charge in [0, 0.05) is 25.9 Å². The van der Waals surface area contributed by atoms with Crippen LogP contribution in [0.4, 0.5) is 5.69 Å². The molecule has 1 aromatic carbocycles. The van der Waals surface area contributed by atoms with Gasteiger partial charge in [-0.25, -0.2) is 0 Å². The Kier molecular flexibility index (Phi) is 4.84. The molecule has 2 N–H and O–H groups in total. The van der Waals surface area contributed by atoms with E-state index in [-0.39, 0.29) is 5.91 Å². The molecule has 0 aliphatic carbocycles. The van der Waals surface area contributed by atoms with E-state index in [1.807, 2.05) is 0 Å². The molecular weight excluding hydrogens is 256 g/mol. The molecule has 1 aromatic rings. The van der Waals surface area contributed by atoms with E-state index in [0.717, 1.165) is 26.1 Å². The Morgan fingerprint density at radius 3 is 3.00 bits per heavy atom. The van der Waals surface area contributed by atoms with Crippen molar-refractivity contribution in [3.8, 4) is 5.75 Å². The van der Waals surface area contributed by atoms with E-state index in [9.17, 15) is 4.79 Å². The number of carbonyl (C=O) groups excluding carboxylic acids is 1. The van der Waals surface area contributed by atoms with Crippen molar-refractivity contribution in [3.05, 3.63) is 23.8 Å². The van der Waals surface area contributed by atoms with Gasteiger partial charge in [-0.3, -0.25) is 4.79 Å². The molecule has 0 radical (unpaired) electrons. The van der Waals surface area contributed by atoms with Gasteiger partial charge in [0.05, 0.1) is 19.3 Å². The Labute approximate surface area is 119 Å². The summed E-state index contributed by atoms with van der Waals surface area (Å²) < 4.78 is 10.7. The SMILES string of the molecule is COc1ccc(N)cc1C(=O)N(C)CC1CCCOC1. The first-order valence-corrected chi connectivity index (χ1v) is 6.88. The number of nitrogens with two attached hydrogens (primary N) is 1. The van der Waals surface area contributed by atoms with Crippen LogP contribution in [-0.4, -0.2) is 44.7 Å². The summed E-state index contributed by atoms with van der Waals surface area (Å²) in [4.78, 5) is 14.2. The molecule has 0 aromatic heterocycles. The van der Waals surface area contributed by atoms with Gasteiger partial charge in [-0.1, -0.05) is 0 Å². The number of methoxy groups -OCH3 is 1. The number of anilines is 1. The van der Waals surface area contributed by atoms with Crippen molar-refractivity contribution < 1.29 is 14.3 Å². The average Bonchev–Trinajstić information content (AvgIpc) is 2.47. The minimum absolute atomic E-state index is 0.0697. The quantitative estimate of drug-likeness (QED) is 0.853. The topological polar surface area (TPSA) is 64.8 Å². The summed E-state index contributed by atoms with van der Waals surface area (Å²) in [6.07, 6.45) is 2.17. The maximum absolute atomic E-state index is 12.5. The lowest BCUT2D eigenvalue weighted by Crippen LogP contribution is -2.35. The van der Waals surface area contributed by atoms with Crippen LogP contribution in [0.2, 0.25) is 0 Å².